The molecule has 2 nitrogen and oxygen atoms in total. The predicted molar refractivity (Wildman–Crippen MR) is 149 cm³/mol. The molecule has 0 N–H and O–H groups in total. The molecule has 4 heteroatoms. The number of hydrogen-bond acceptors (Lipinski definition) is 2. The van der Waals surface area contributed by atoms with E-state index in [9.17, 15) is 5.26 Å². The van der Waals surface area contributed by atoms with Crippen molar-refractivity contribution in [3.63, 3.8) is 0 Å². The van der Waals surface area contributed by atoms with Gasteiger partial charge in [-0.25, -0.2) is 0 Å². The quantitative estimate of drug-likeness (QED) is 0.268. The Balaban J connectivity index is 1.92. The molecule has 0 aliphatic carbocycles. The zero-order valence-corrected chi connectivity index (χ0v) is 21.3. The van der Waals surface area contributed by atoms with E-state index in [1.807, 2.05) is 32.2 Å². The van der Waals surface area contributed by atoms with Crippen molar-refractivity contribution in [3.8, 4) is 6.07 Å². The Morgan fingerprint density at radius 3 is 1.68 bits per heavy atom. The van der Waals surface area contributed by atoms with Gasteiger partial charge in [-0.3, -0.25) is 0 Å². The summed E-state index contributed by atoms with van der Waals surface area (Å²) in [5, 5.41) is 12.7. The molecule has 0 aromatic heterocycles. The van der Waals surface area contributed by atoms with E-state index in [0.29, 0.717) is 12.7 Å². The van der Waals surface area contributed by atoms with Crippen molar-refractivity contribution in [3.05, 3.63) is 121 Å². The van der Waals surface area contributed by atoms with Crippen LogP contribution in [0.3, 0.4) is 0 Å². The van der Waals surface area contributed by atoms with Crippen LogP contribution in [0.4, 0.5) is 5.69 Å². The molecule has 0 aliphatic rings. The third-order valence-corrected chi connectivity index (χ3v) is 13.7. The second-order valence-corrected chi connectivity index (χ2v) is 15.4. The van der Waals surface area contributed by atoms with Gasteiger partial charge in [0.1, 0.15) is 0 Å². The van der Waals surface area contributed by atoms with Crippen molar-refractivity contribution in [2.75, 3.05) is 18.5 Å². The molecule has 172 valence electrons. The number of rotatable bonds is 8. The molecular formula is C30H30ClN2P. The summed E-state index contributed by atoms with van der Waals surface area (Å²) in [6, 6.07) is 42.6. The van der Waals surface area contributed by atoms with Gasteiger partial charge in [-0.1, -0.05) is 0 Å². The van der Waals surface area contributed by atoms with Gasteiger partial charge in [0.2, 0.25) is 0 Å². The average molecular weight is 485 g/mol. The number of anilines is 1. The van der Waals surface area contributed by atoms with Crippen molar-refractivity contribution >= 4 is 38.8 Å². The van der Waals surface area contributed by atoms with Gasteiger partial charge >= 0.3 is 208 Å². The molecule has 0 radical (unpaired) electrons. The van der Waals surface area contributed by atoms with Crippen molar-refractivity contribution in [2.24, 2.45) is 5.92 Å². The van der Waals surface area contributed by atoms with E-state index >= 15 is 0 Å². The van der Waals surface area contributed by atoms with Gasteiger partial charge in [0.05, 0.1) is 0 Å². The molecule has 0 bridgehead atoms. The first-order valence-electron chi connectivity index (χ1n) is 11.5. The second-order valence-electron chi connectivity index (χ2n) is 8.93. The third-order valence-electron chi connectivity index (χ3n) is 6.48. The van der Waals surface area contributed by atoms with Gasteiger partial charge in [0, 0.05) is 0 Å². The van der Waals surface area contributed by atoms with E-state index in [0.717, 1.165) is 21.6 Å². The molecule has 1 atom stereocenters. The number of nitriles is 1. The van der Waals surface area contributed by atoms with Gasteiger partial charge < -0.3 is 0 Å². The monoisotopic (exact) mass is 484 g/mol. The minimum absolute atomic E-state index is 0.0427. The number of hydrogen-bond donors (Lipinski definition) is 0. The van der Waals surface area contributed by atoms with Crippen LogP contribution in [0, 0.1) is 17.2 Å². The molecule has 4 aromatic carbocycles. The maximum absolute atomic E-state index is 9.26. The standard InChI is InChI=1S/C30H30ClN2P/c1-25(22-32)23-33(2)27-14-12-13-26(21-27)24-34(31,28-15-6-3-7-16-28,29-17-8-4-9-18-29)30-19-10-5-11-20-30/h3-21,25H,23-24H2,1-2H3. The number of halogens is 1. The van der Waals surface area contributed by atoms with E-state index in [2.05, 4.69) is 108 Å². The Kier molecular flexibility index (Phi) is 7.08. The maximum atomic E-state index is 9.26. The zero-order valence-electron chi connectivity index (χ0n) is 19.7. The normalized spacial score (nSPS) is 13.3. The summed E-state index contributed by atoms with van der Waals surface area (Å²) in [4.78, 5) is 2.15. The first-order chi connectivity index (χ1) is 16.4. The van der Waals surface area contributed by atoms with Crippen LogP contribution < -0.4 is 20.8 Å². The van der Waals surface area contributed by atoms with Crippen LogP contribution in [0.2, 0.25) is 0 Å². The van der Waals surface area contributed by atoms with Gasteiger partial charge in [-0.15, -0.1) is 0 Å². The zero-order chi connectivity index (χ0) is 24.0. The van der Waals surface area contributed by atoms with Crippen LogP contribution in [0.15, 0.2) is 115 Å². The topological polar surface area (TPSA) is 27.0 Å². The predicted octanol–water partition coefficient (Wildman–Crippen LogP) is 6.47. The van der Waals surface area contributed by atoms with E-state index in [4.69, 9.17) is 11.2 Å². The first kappa shape index (κ1) is 24.0. The van der Waals surface area contributed by atoms with Crippen LogP contribution in [0.5, 0.6) is 0 Å². The number of nitrogens with zero attached hydrogens (tertiary/aromatic N) is 2. The molecule has 0 heterocycles. The summed E-state index contributed by atoms with van der Waals surface area (Å²) in [7, 11) is 2.04. The van der Waals surface area contributed by atoms with Crippen molar-refractivity contribution < 1.29 is 0 Å². The fourth-order valence-electron chi connectivity index (χ4n) is 4.73. The third kappa shape index (κ3) is 4.47. The van der Waals surface area contributed by atoms with Crippen LogP contribution in [-0.2, 0) is 6.16 Å². The summed E-state index contributed by atoms with van der Waals surface area (Å²) in [5.41, 5.74) is 2.27. The Bertz CT molecular complexity index is 1170. The fraction of sp³-hybridized carbons (Fsp3) is 0.167. The van der Waals surface area contributed by atoms with Crippen LogP contribution >= 0.6 is 17.2 Å². The molecule has 4 rings (SSSR count). The molecule has 4 aromatic rings. The van der Waals surface area contributed by atoms with E-state index in [-0.39, 0.29) is 5.92 Å². The Labute approximate surface area is 208 Å². The second kappa shape index (κ2) is 10.0. The van der Waals surface area contributed by atoms with Crippen LogP contribution in [0.1, 0.15) is 12.5 Å². The van der Waals surface area contributed by atoms with Gasteiger partial charge in [-0.2, -0.15) is 0 Å². The summed E-state index contributed by atoms with van der Waals surface area (Å²) in [5.74, 6) is -3.42. The molecule has 0 amide bonds. The van der Waals surface area contributed by atoms with Crippen molar-refractivity contribution in [1.29, 1.82) is 5.26 Å². The summed E-state index contributed by atoms with van der Waals surface area (Å²) in [6.45, 7) is 2.63. The molecule has 0 fully saturated rings. The molecule has 0 aliphatic heterocycles. The molecule has 1 unspecified atom stereocenters. The molecule has 34 heavy (non-hydrogen) atoms. The fourth-order valence-corrected chi connectivity index (χ4v) is 10.9. The molecule has 0 saturated heterocycles. The Morgan fingerprint density at radius 1 is 0.765 bits per heavy atom. The van der Waals surface area contributed by atoms with Gasteiger partial charge in [-0.05, 0) is 0 Å². The van der Waals surface area contributed by atoms with Gasteiger partial charge in [0.25, 0.3) is 0 Å². The van der Waals surface area contributed by atoms with Crippen molar-refractivity contribution in [1.82, 2.24) is 0 Å². The number of benzene rings is 4. The SMILES string of the molecule is CC(C#N)CN(C)c1cccc(CP(Cl)(c2ccccc2)(c2ccccc2)c2ccccc2)c1. The van der Waals surface area contributed by atoms with E-state index in [1.54, 1.807) is 0 Å². The average Bonchev–Trinajstić information content (AvgIpc) is 2.90. The summed E-state index contributed by atoms with van der Waals surface area (Å²) < 4.78 is 0. The van der Waals surface area contributed by atoms with Crippen LogP contribution in [0.25, 0.3) is 0 Å². The van der Waals surface area contributed by atoms with E-state index < -0.39 is 5.96 Å². The molecule has 0 spiro atoms. The molecular weight excluding hydrogens is 455 g/mol. The van der Waals surface area contributed by atoms with Gasteiger partial charge in [0.15, 0.2) is 0 Å². The Morgan fingerprint density at radius 2 is 1.24 bits per heavy atom. The summed E-state index contributed by atoms with van der Waals surface area (Å²) in [6.07, 6.45) is 0.695. The van der Waals surface area contributed by atoms with E-state index in [1.165, 1.54) is 5.56 Å². The molecule has 0 saturated carbocycles. The summed E-state index contributed by atoms with van der Waals surface area (Å²) >= 11 is 8.22. The Hall–Kier alpha value is -3.11. The minimum atomic E-state index is -3.38. The van der Waals surface area contributed by atoms with Crippen LogP contribution in [-0.4, -0.2) is 13.6 Å². The first-order valence-corrected chi connectivity index (χ1v) is 14.9. The van der Waals surface area contributed by atoms with Crippen molar-refractivity contribution in [2.45, 2.75) is 13.1 Å².